The van der Waals surface area contributed by atoms with Crippen molar-refractivity contribution < 1.29 is 57.6 Å². The van der Waals surface area contributed by atoms with Gasteiger partial charge in [-0.15, -0.1) is 0 Å². The largest absolute Gasteiger partial charge is 0.489 e. The fourth-order valence-electron chi connectivity index (χ4n) is 8.67. The van der Waals surface area contributed by atoms with Gasteiger partial charge in [0.2, 0.25) is 17.7 Å². The van der Waals surface area contributed by atoms with Crippen LogP contribution in [-0.4, -0.2) is 78.3 Å². The summed E-state index contributed by atoms with van der Waals surface area (Å²) in [7, 11) is 0. The number of rotatable bonds is 27. The predicted octanol–water partition coefficient (Wildman–Crippen LogP) is 10.0. The lowest BCUT2D eigenvalue weighted by atomic mass is 9.96. The van der Waals surface area contributed by atoms with Gasteiger partial charge >= 0.3 is 18.2 Å². The number of carbonyl (C=O) groups excluding carboxylic acids is 6. The first kappa shape index (κ1) is 64.3. The molecular weight excluding hydrogens is 1100 g/mol. The second-order valence-electron chi connectivity index (χ2n) is 20.5. The van der Waals surface area contributed by atoms with Gasteiger partial charge in [-0.25, -0.2) is 14.4 Å². The van der Waals surface area contributed by atoms with E-state index in [0.717, 1.165) is 55.8 Å². The number of ether oxygens (including phenoxy) is 5. The summed E-state index contributed by atoms with van der Waals surface area (Å²) in [6.45, 7) is 5.53. The standard InChI is InChI=1S/C59H58N4O9.C11H15NO3/c1-41-32-48(28-30-53(41)69-37-44-20-10-4-11-21-44)49-29-31-54(70-38-45-22-12-5-13-23-45)50(34-49)35-51(62-55(64)36-60-56(65)42(2)61-59(68)72-40-47-26-16-7-17-27-47)57(66)63-52(33-43-18-8-3-9-19-43)58(67)71-39-46-24-14-6-15-25-46;1-9(13)7-12-11(14)15-8-10-5-3-2-4-6-10/h3-32,34,42,51-52H,33,35-40H2,1-2H3,(H,60,65)(H,61,68)(H,62,64)(H,63,66);2-6,9,13H,7-8H2,1H3,(H,12,14)/t42?,51?,52-;/m0./s1. The normalized spacial score (nSPS) is 12.0. The van der Waals surface area contributed by atoms with E-state index < -0.39 is 66.7 Å². The van der Waals surface area contributed by atoms with Gasteiger partial charge in [-0.3, -0.25) is 14.4 Å². The monoisotopic (exact) mass is 1180 g/mol. The van der Waals surface area contributed by atoms with Crippen LogP contribution in [0.15, 0.2) is 218 Å². The molecule has 0 saturated carbocycles. The van der Waals surface area contributed by atoms with Crippen molar-refractivity contribution in [3.05, 3.63) is 263 Å². The van der Waals surface area contributed by atoms with Crippen LogP contribution >= 0.6 is 0 Å². The highest BCUT2D eigenvalue weighted by Crippen LogP contribution is 2.32. The number of carbonyl (C=O) groups is 6. The van der Waals surface area contributed by atoms with Gasteiger partial charge in [0.05, 0.1) is 12.6 Å². The van der Waals surface area contributed by atoms with E-state index in [1.165, 1.54) is 6.92 Å². The van der Waals surface area contributed by atoms with E-state index >= 15 is 0 Å². The van der Waals surface area contributed by atoms with Crippen molar-refractivity contribution in [1.82, 2.24) is 26.6 Å². The minimum Gasteiger partial charge on any atom is -0.489 e. The van der Waals surface area contributed by atoms with Crippen LogP contribution in [0, 0.1) is 6.92 Å². The van der Waals surface area contributed by atoms with E-state index in [4.69, 9.17) is 28.8 Å². The Morgan fingerprint density at radius 3 is 1.36 bits per heavy atom. The summed E-state index contributed by atoms with van der Waals surface area (Å²) >= 11 is 0. The van der Waals surface area contributed by atoms with Gasteiger partial charge in [-0.2, -0.15) is 0 Å². The number of esters is 1. The summed E-state index contributed by atoms with van der Waals surface area (Å²) in [5.74, 6) is -1.53. The van der Waals surface area contributed by atoms with E-state index in [-0.39, 0.29) is 45.8 Å². The third kappa shape index (κ3) is 22.7. The molecule has 0 bridgehead atoms. The van der Waals surface area contributed by atoms with Gasteiger partial charge in [0.1, 0.15) is 62.7 Å². The van der Waals surface area contributed by atoms with Crippen molar-refractivity contribution in [3.8, 4) is 22.6 Å². The minimum absolute atomic E-state index is 0.00180. The van der Waals surface area contributed by atoms with E-state index in [9.17, 15) is 28.8 Å². The van der Waals surface area contributed by atoms with Crippen LogP contribution in [0.2, 0.25) is 0 Å². The fourth-order valence-corrected chi connectivity index (χ4v) is 8.67. The Balaban J connectivity index is 0.000000629. The van der Waals surface area contributed by atoms with E-state index in [1.54, 1.807) is 19.1 Å². The number of aliphatic hydroxyl groups excluding tert-OH is 1. The Labute approximate surface area is 507 Å². The summed E-state index contributed by atoms with van der Waals surface area (Å²) in [5.41, 5.74) is 8.38. The molecule has 0 aromatic heterocycles. The smallest absolute Gasteiger partial charge is 0.408 e. The molecule has 87 heavy (non-hydrogen) atoms. The second kappa shape index (κ2) is 34.5. The van der Waals surface area contributed by atoms with Crippen LogP contribution in [0.3, 0.4) is 0 Å². The number of aliphatic hydroxyl groups is 1. The average Bonchev–Trinajstić information content (AvgIpc) is 3.73. The maximum atomic E-state index is 14.7. The lowest BCUT2D eigenvalue weighted by Crippen LogP contribution is -2.55. The molecule has 17 nitrogen and oxygen atoms in total. The molecule has 0 heterocycles. The summed E-state index contributed by atoms with van der Waals surface area (Å²) < 4.78 is 28.5. The molecule has 0 saturated heterocycles. The molecule has 4 atom stereocenters. The third-order valence-corrected chi connectivity index (χ3v) is 13.3. The molecule has 0 fully saturated rings. The quantitative estimate of drug-likeness (QED) is 0.0209. The van der Waals surface area contributed by atoms with Crippen LogP contribution in [0.1, 0.15) is 58.4 Å². The molecule has 8 aromatic rings. The maximum Gasteiger partial charge on any atom is 0.408 e. The Morgan fingerprint density at radius 2 is 0.862 bits per heavy atom. The highest BCUT2D eigenvalue weighted by Gasteiger charge is 2.30. The van der Waals surface area contributed by atoms with Crippen LogP contribution in [0.5, 0.6) is 11.5 Å². The minimum atomic E-state index is -1.30. The highest BCUT2D eigenvalue weighted by atomic mass is 16.6. The molecule has 8 aromatic carbocycles. The van der Waals surface area contributed by atoms with Gasteiger partial charge < -0.3 is 55.4 Å². The molecule has 8 rings (SSSR count). The number of hydrogen-bond donors (Lipinski definition) is 6. The molecule has 0 aliphatic rings. The van der Waals surface area contributed by atoms with Crippen molar-refractivity contribution in [2.45, 2.75) is 90.9 Å². The Kier molecular flexibility index (Phi) is 25.5. The Bertz CT molecular complexity index is 3430. The predicted molar refractivity (Wildman–Crippen MR) is 331 cm³/mol. The number of amides is 5. The highest BCUT2D eigenvalue weighted by molar-refractivity contribution is 5.93. The van der Waals surface area contributed by atoms with Crippen molar-refractivity contribution >= 4 is 35.9 Å². The van der Waals surface area contributed by atoms with Crippen LogP contribution in [-0.2, 0) is 79.3 Å². The van der Waals surface area contributed by atoms with Gasteiger partial charge in [-0.1, -0.05) is 194 Å². The van der Waals surface area contributed by atoms with Gasteiger partial charge in [-0.05, 0) is 101 Å². The van der Waals surface area contributed by atoms with Crippen molar-refractivity contribution in [1.29, 1.82) is 0 Å². The van der Waals surface area contributed by atoms with Crippen molar-refractivity contribution in [2.24, 2.45) is 0 Å². The summed E-state index contributed by atoms with van der Waals surface area (Å²) in [6, 6.07) is 64.5. The molecule has 17 heteroatoms. The zero-order valence-electron chi connectivity index (χ0n) is 48.9. The topological polar surface area (TPSA) is 229 Å². The third-order valence-electron chi connectivity index (χ3n) is 13.3. The first-order valence-corrected chi connectivity index (χ1v) is 28.5. The number of benzene rings is 8. The summed E-state index contributed by atoms with van der Waals surface area (Å²) in [6.07, 6.45) is -1.89. The molecule has 450 valence electrons. The van der Waals surface area contributed by atoms with E-state index in [0.29, 0.717) is 17.9 Å². The Morgan fingerprint density at radius 1 is 0.425 bits per heavy atom. The molecule has 0 radical (unpaired) electrons. The second-order valence-corrected chi connectivity index (χ2v) is 20.5. The van der Waals surface area contributed by atoms with Crippen molar-refractivity contribution in [3.63, 3.8) is 0 Å². The first-order valence-electron chi connectivity index (χ1n) is 28.5. The van der Waals surface area contributed by atoms with Crippen LogP contribution in [0.25, 0.3) is 11.1 Å². The van der Waals surface area contributed by atoms with Gasteiger partial charge in [0.15, 0.2) is 0 Å². The molecule has 0 aliphatic carbocycles. The Hall–Kier alpha value is -10.3. The molecule has 6 N–H and O–H groups in total. The molecular formula is C70H73N5O12. The molecule has 0 aliphatic heterocycles. The number of nitrogens with one attached hydrogen (secondary N) is 5. The van der Waals surface area contributed by atoms with Crippen molar-refractivity contribution in [2.75, 3.05) is 13.1 Å². The number of aryl methyl sites for hydroxylation is 1. The van der Waals surface area contributed by atoms with Gasteiger partial charge in [0.25, 0.3) is 0 Å². The lowest BCUT2D eigenvalue weighted by molar-refractivity contribution is -0.149. The van der Waals surface area contributed by atoms with Gasteiger partial charge in [0, 0.05) is 19.4 Å². The van der Waals surface area contributed by atoms with E-state index in [2.05, 4.69) is 26.6 Å². The fraction of sp³-hybridized carbons (Fsp3) is 0.229. The molecule has 3 unspecified atom stereocenters. The number of hydrogen-bond acceptors (Lipinski definition) is 12. The van der Waals surface area contributed by atoms with E-state index in [1.807, 2.05) is 213 Å². The van der Waals surface area contributed by atoms with Crippen LogP contribution < -0.4 is 36.1 Å². The SMILES string of the molecule is CC(O)CNC(=O)OCc1ccccc1.Cc1cc(-c2ccc(OCc3ccccc3)c(CC(NC(=O)CNC(=O)C(C)NC(=O)OCc3ccccc3)C(=O)N[C@@H](Cc3ccccc3)C(=O)OCc3ccccc3)c2)ccc1OCc1ccccc1. The summed E-state index contributed by atoms with van der Waals surface area (Å²) in [4.78, 5) is 79.3. The first-order chi connectivity index (χ1) is 42.2. The van der Waals surface area contributed by atoms with Crippen LogP contribution in [0.4, 0.5) is 9.59 Å². The lowest BCUT2D eigenvalue weighted by Gasteiger charge is -2.24. The number of alkyl carbamates (subject to hydrolysis) is 2. The zero-order chi connectivity index (χ0) is 61.6. The maximum absolute atomic E-state index is 14.7. The average molecular weight is 1180 g/mol. The zero-order valence-corrected chi connectivity index (χ0v) is 48.9. The molecule has 0 spiro atoms. The molecule has 5 amide bonds. The summed E-state index contributed by atoms with van der Waals surface area (Å²) in [5, 5.41) is 22.1.